The van der Waals surface area contributed by atoms with E-state index in [2.05, 4.69) is 65.8 Å². The van der Waals surface area contributed by atoms with Gasteiger partial charge in [-0.15, -0.1) is 11.3 Å². The molecular formula is C27H26N4S. The van der Waals surface area contributed by atoms with E-state index >= 15 is 0 Å². The van der Waals surface area contributed by atoms with Crippen LogP contribution in [0.25, 0.3) is 26.7 Å². The van der Waals surface area contributed by atoms with Crippen molar-refractivity contribution in [1.29, 1.82) is 0 Å². The minimum absolute atomic E-state index is 0.242. The Balaban J connectivity index is 1.32. The molecule has 4 aliphatic rings. The van der Waals surface area contributed by atoms with Crippen LogP contribution in [0.2, 0.25) is 0 Å². The lowest BCUT2D eigenvalue weighted by atomic mass is 9.49. The molecular weight excluding hydrogens is 412 g/mol. The number of aromatic amines is 1. The van der Waals surface area contributed by atoms with Crippen LogP contribution in [0.4, 0.5) is 0 Å². The van der Waals surface area contributed by atoms with E-state index in [-0.39, 0.29) is 5.41 Å². The molecule has 4 nitrogen and oxygen atoms in total. The molecule has 4 aliphatic carbocycles. The van der Waals surface area contributed by atoms with Crippen LogP contribution in [0.15, 0.2) is 48.8 Å². The maximum atomic E-state index is 5.19. The molecule has 2 atom stereocenters. The van der Waals surface area contributed by atoms with Gasteiger partial charge in [0, 0.05) is 34.2 Å². The van der Waals surface area contributed by atoms with Crippen molar-refractivity contribution in [2.24, 2.45) is 11.3 Å². The summed E-state index contributed by atoms with van der Waals surface area (Å²) in [4.78, 5) is 11.4. The number of hydrogen-bond acceptors (Lipinski definition) is 4. The first kappa shape index (κ1) is 18.8. The van der Waals surface area contributed by atoms with Crippen molar-refractivity contribution < 1.29 is 0 Å². The Bertz CT molecular complexity index is 1360. The van der Waals surface area contributed by atoms with E-state index in [0.29, 0.717) is 11.8 Å². The minimum atomic E-state index is 0.242. The number of aryl methyl sites for hydroxylation is 1. The zero-order chi connectivity index (χ0) is 21.3. The molecule has 4 aromatic rings. The molecule has 3 heterocycles. The Kier molecular flexibility index (Phi) is 4.01. The fourth-order valence-corrected chi connectivity index (χ4v) is 7.80. The van der Waals surface area contributed by atoms with Gasteiger partial charge in [-0.05, 0) is 67.6 Å². The molecule has 5 heteroatoms. The van der Waals surface area contributed by atoms with Crippen LogP contribution < -0.4 is 0 Å². The number of hydrogen-bond donors (Lipinski definition) is 1. The maximum Gasteiger partial charge on any atom is 0.132 e. The number of rotatable bonds is 3. The summed E-state index contributed by atoms with van der Waals surface area (Å²) in [5, 5.41) is 7.25. The van der Waals surface area contributed by atoms with Crippen LogP contribution in [0.1, 0.15) is 66.6 Å². The van der Waals surface area contributed by atoms with Gasteiger partial charge in [0.05, 0.1) is 16.4 Å². The molecule has 0 spiro atoms. The summed E-state index contributed by atoms with van der Waals surface area (Å²) in [6.07, 6.45) is 15.3. The molecule has 3 fully saturated rings. The number of aromatic nitrogens is 4. The number of nitrogens with zero attached hydrogens (tertiary/aromatic N) is 3. The first-order valence-electron chi connectivity index (χ1n) is 11.8. The van der Waals surface area contributed by atoms with Crippen LogP contribution in [-0.4, -0.2) is 20.2 Å². The summed E-state index contributed by atoms with van der Waals surface area (Å²) in [6, 6.07) is 11.2. The predicted octanol–water partition coefficient (Wildman–Crippen LogP) is 6.86. The molecule has 0 saturated heterocycles. The van der Waals surface area contributed by atoms with Gasteiger partial charge in [0.2, 0.25) is 0 Å². The second-order valence-corrected chi connectivity index (χ2v) is 11.0. The van der Waals surface area contributed by atoms with E-state index in [4.69, 9.17) is 9.97 Å². The highest BCUT2D eigenvalue weighted by Gasteiger charge is 2.54. The maximum absolute atomic E-state index is 5.19. The fraction of sp³-hybridized carbons (Fsp3) is 0.370. The summed E-state index contributed by atoms with van der Waals surface area (Å²) in [7, 11) is 0. The van der Waals surface area contributed by atoms with Gasteiger partial charge in [-0.2, -0.15) is 5.10 Å². The molecule has 3 aromatic heterocycles. The molecule has 0 amide bonds. The lowest BCUT2D eigenvalue weighted by molar-refractivity contribution is 0.0202. The number of fused-ring (bicyclic) bond motifs is 5. The standard InChI is InChI=1S/C27H26N4S/c1-16-20(14-29-31-16)24-13-23-25(32-24)15-28-26(30-23)22-12-17-8-10-27(22,11-9-17)21-7-6-18-4-2-3-5-19(18)21/h2-7,13-15,17,21-22H,8-12H2,1H3,(H,29,31)/t17?,21?,22-,27?/m0/s1. The van der Waals surface area contributed by atoms with Gasteiger partial charge in [-0.3, -0.25) is 5.10 Å². The summed E-state index contributed by atoms with van der Waals surface area (Å²) >= 11 is 1.76. The molecule has 1 N–H and O–H groups in total. The van der Waals surface area contributed by atoms with Gasteiger partial charge in [0.1, 0.15) is 5.82 Å². The smallest absolute Gasteiger partial charge is 0.132 e. The number of H-pyrrole nitrogens is 1. The summed E-state index contributed by atoms with van der Waals surface area (Å²) < 4.78 is 1.16. The van der Waals surface area contributed by atoms with Gasteiger partial charge in [0.15, 0.2) is 0 Å². The minimum Gasteiger partial charge on any atom is -0.282 e. The van der Waals surface area contributed by atoms with E-state index in [0.717, 1.165) is 33.2 Å². The van der Waals surface area contributed by atoms with Crippen molar-refractivity contribution in [1.82, 2.24) is 20.2 Å². The molecule has 0 aliphatic heterocycles. The Morgan fingerprint density at radius 2 is 2.00 bits per heavy atom. The van der Waals surface area contributed by atoms with Crippen molar-refractivity contribution in [3.63, 3.8) is 0 Å². The third kappa shape index (κ3) is 2.64. The molecule has 0 radical (unpaired) electrons. The van der Waals surface area contributed by atoms with Gasteiger partial charge in [0.25, 0.3) is 0 Å². The van der Waals surface area contributed by atoms with E-state index in [1.54, 1.807) is 11.3 Å². The Hall–Kier alpha value is -2.79. The molecule has 160 valence electrons. The third-order valence-corrected chi connectivity index (χ3v) is 9.51. The molecule has 3 saturated carbocycles. The predicted molar refractivity (Wildman–Crippen MR) is 130 cm³/mol. The van der Waals surface area contributed by atoms with Crippen LogP contribution in [0.3, 0.4) is 0 Å². The average Bonchev–Trinajstić information content (AvgIpc) is 3.56. The van der Waals surface area contributed by atoms with E-state index < -0.39 is 0 Å². The Morgan fingerprint density at radius 3 is 2.84 bits per heavy atom. The van der Waals surface area contributed by atoms with Crippen LogP contribution in [-0.2, 0) is 0 Å². The number of benzene rings is 1. The highest BCUT2D eigenvalue weighted by Crippen LogP contribution is 2.64. The molecule has 1 unspecified atom stereocenters. The SMILES string of the molecule is Cc1[nH]ncc1-c1cc2nc([C@@H]3CC4CCC3(C3C=Cc5ccccc53)CC4)ncc2s1. The fourth-order valence-electron chi connectivity index (χ4n) is 6.76. The van der Waals surface area contributed by atoms with Crippen LogP contribution in [0.5, 0.6) is 0 Å². The van der Waals surface area contributed by atoms with Crippen molar-refractivity contribution >= 4 is 27.6 Å². The summed E-state index contributed by atoms with van der Waals surface area (Å²) in [5.41, 5.74) is 6.48. The lowest BCUT2D eigenvalue weighted by Crippen LogP contribution is -2.44. The Labute approximate surface area is 191 Å². The Morgan fingerprint density at radius 1 is 1.12 bits per heavy atom. The summed E-state index contributed by atoms with van der Waals surface area (Å²) in [5.74, 6) is 2.80. The first-order chi connectivity index (χ1) is 15.7. The van der Waals surface area contributed by atoms with Crippen molar-refractivity contribution in [2.45, 2.75) is 50.9 Å². The quantitative estimate of drug-likeness (QED) is 0.380. The van der Waals surface area contributed by atoms with Gasteiger partial charge in [-0.25, -0.2) is 9.97 Å². The van der Waals surface area contributed by atoms with E-state index in [1.165, 1.54) is 48.1 Å². The molecule has 1 aromatic carbocycles. The molecule has 32 heavy (non-hydrogen) atoms. The van der Waals surface area contributed by atoms with Crippen LogP contribution in [0, 0.1) is 18.3 Å². The normalized spacial score (nSPS) is 28.5. The van der Waals surface area contributed by atoms with E-state index in [9.17, 15) is 0 Å². The topological polar surface area (TPSA) is 54.5 Å². The average molecular weight is 439 g/mol. The largest absolute Gasteiger partial charge is 0.282 e. The third-order valence-electron chi connectivity index (χ3n) is 8.41. The van der Waals surface area contributed by atoms with E-state index in [1.807, 2.05) is 6.20 Å². The van der Waals surface area contributed by atoms with Crippen LogP contribution >= 0.6 is 11.3 Å². The number of nitrogens with one attached hydrogen (secondary N) is 1. The zero-order valence-corrected chi connectivity index (χ0v) is 19.0. The van der Waals surface area contributed by atoms with Crippen molar-refractivity contribution in [3.8, 4) is 10.4 Å². The van der Waals surface area contributed by atoms with Gasteiger partial charge >= 0.3 is 0 Å². The highest BCUT2D eigenvalue weighted by atomic mass is 32.1. The van der Waals surface area contributed by atoms with Crippen molar-refractivity contribution in [3.05, 3.63) is 71.4 Å². The first-order valence-corrected chi connectivity index (χ1v) is 12.6. The second kappa shape index (κ2) is 6.85. The summed E-state index contributed by atoms with van der Waals surface area (Å²) in [6.45, 7) is 2.07. The second-order valence-electron chi connectivity index (χ2n) is 9.93. The number of thiophene rings is 1. The lowest BCUT2D eigenvalue weighted by Gasteiger charge is -2.54. The molecule has 8 rings (SSSR count). The number of allylic oxidation sites excluding steroid dienone is 1. The van der Waals surface area contributed by atoms with Gasteiger partial charge in [-0.1, -0.05) is 36.4 Å². The zero-order valence-electron chi connectivity index (χ0n) is 18.2. The monoisotopic (exact) mass is 438 g/mol. The highest BCUT2D eigenvalue weighted by molar-refractivity contribution is 7.22. The molecule has 2 bridgehead atoms. The van der Waals surface area contributed by atoms with Crippen molar-refractivity contribution in [2.75, 3.05) is 0 Å². The van der Waals surface area contributed by atoms with Gasteiger partial charge < -0.3 is 0 Å².